The molecule has 0 bridgehead atoms. The molecule has 0 amide bonds. The molecule has 0 saturated heterocycles. The van der Waals surface area contributed by atoms with Crippen molar-refractivity contribution in [2.24, 2.45) is 5.73 Å². The maximum absolute atomic E-state index is 5.90. The second kappa shape index (κ2) is 7.51. The number of nitrogens with two attached hydrogens (primary N) is 1. The van der Waals surface area contributed by atoms with Crippen molar-refractivity contribution >= 4 is 16.7 Å². The minimum atomic E-state index is 0.0153. The van der Waals surface area contributed by atoms with Crippen LogP contribution in [0.4, 0.5) is 5.13 Å². The molecule has 1 aliphatic rings. The summed E-state index contributed by atoms with van der Waals surface area (Å²) in [6.07, 6.45) is 5.83. The zero-order valence-corrected chi connectivity index (χ0v) is 14.2. The van der Waals surface area contributed by atoms with Gasteiger partial charge in [0, 0.05) is 36.1 Å². The lowest BCUT2D eigenvalue weighted by molar-refractivity contribution is 0.0251. The van der Waals surface area contributed by atoms with Crippen LogP contribution in [-0.4, -0.2) is 34.7 Å². The Hall–Kier alpha value is -0.720. The van der Waals surface area contributed by atoms with Gasteiger partial charge in [-0.15, -0.1) is 0 Å². The molecule has 0 atom stereocenters. The van der Waals surface area contributed by atoms with Crippen molar-refractivity contribution < 1.29 is 4.74 Å². The van der Waals surface area contributed by atoms with Crippen LogP contribution in [0.3, 0.4) is 0 Å². The SMILES string of the molecule is CC(C)(C)c1nsc(NCCCOC2CCC(N)CC2)n1. The van der Waals surface area contributed by atoms with E-state index in [0.717, 1.165) is 56.2 Å². The third-order valence-corrected chi connectivity index (χ3v) is 4.44. The molecule has 1 aromatic heterocycles. The van der Waals surface area contributed by atoms with Crippen LogP contribution < -0.4 is 11.1 Å². The fourth-order valence-electron chi connectivity index (χ4n) is 2.37. The first-order valence-corrected chi connectivity index (χ1v) is 8.68. The Morgan fingerprint density at radius 1 is 1.29 bits per heavy atom. The molecule has 1 fully saturated rings. The van der Waals surface area contributed by atoms with E-state index in [4.69, 9.17) is 10.5 Å². The maximum atomic E-state index is 5.90. The molecule has 1 heterocycles. The largest absolute Gasteiger partial charge is 0.378 e. The first-order chi connectivity index (χ1) is 9.95. The highest BCUT2D eigenvalue weighted by Crippen LogP contribution is 2.23. The van der Waals surface area contributed by atoms with Crippen molar-refractivity contribution in [3.63, 3.8) is 0 Å². The Kier molecular flexibility index (Phi) is 5.96. The lowest BCUT2D eigenvalue weighted by Gasteiger charge is -2.26. The number of anilines is 1. The third-order valence-electron chi connectivity index (χ3n) is 3.77. The Morgan fingerprint density at radius 2 is 2.00 bits per heavy atom. The first kappa shape index (κ1) is 16.6. The number of ether oxygens (including phenoxy) is 1. The zero-order valence-electron chi connectivity index (χ0n) is 13.4. The fourth-order valence-corrected chi connectivity index (χ4v) is 3.15. The van der Waals surface area contributed by atoms with Gasteiger partial charge in [0.15, 0.2) is 0 Å². The summed E-state index contributed by atoms with van der Waals surface area (Å²) in [6, 6.07) is 0.390. The number of rotatable bonds is 6. The predicted molar refractivity (Wildman–Crippen MR) is 87.9 cm³/mol. The molecular weight excluding hydrogens is 284 g/mol. The van der Waals surface area contributed by atoms with Gasteiger partial charge in [0.05, 0.1) is 6.10 Å². The van der Waals surface area contributed by atoms with Gasteiger partial charge in [0.2, 0.25) is 5.13 Å². The fraction of sp³-hybridized carbons (Fsp3) is 0.867. The average molecular weight is 312 g/mol. The van der Waals surface area contributed by atoms with Gasteiger partial charge in [-0.3, -0.25) is 0 Å². The van der Waals surface area contributed by atoms with E-state index in [0.29, 0.717) is 12.1 Å². The van der Waals surface area contributed by atoms with Crippen molar-refractivity contribution in [1.29, 1.82) is 0 Å². The van der Waals surface area contributed by atoms with Crippen molar-refractivity contribution in [3.8, 4) is 0 Å². The van der Waals surface area contributed by atoms with Crippen molar-refractivity contribution in [3.05, 3.63) is 5.82 Å². The molecule has 1 aliphatic carbocycles. The molecule has 2 rings (SSSR count). The van der Waals surface area contributed by atoms with Gasteiger partial charge >= 0.3 is 0 Å². The molecule has 1 saturated carbocycles. The normalized spacial score (nSPS) is 23.2. The summed E-state index contributed by atoms with van der Waals surface area (Å²) in [5.74, 6) is 0.907. The molecule has 1 aromatic rings. The van der Waals surface area contributed by atoms with Crippen LogP contribution in [0.15, 0.2) is 0 Å². The molecule has 0 aromatic carbocycles. The summed E-state index contributed by atoms with van der Waals surface area (Å²) in [6.45, 7) is 8.07. The highest BCUT2D eigenvalue weighted by molar-refractivity contribution is 7.09. The molecule has 0 spiro atoms. The smallest absolute Gasteiger partial charge is 0.202 e. The van der Waals surface area contributed by atoms with E-state index in [1.165, 1.54) is 11.5 Å². The second-order valence-corrected chi connectivity index (χ2v) is 7.61. The quantitative estimate of drug-likeness (QED) is 0.790. The van der Waals surface area contributed by atoms with Gasteiger partial charge in [0.25, 0.3) is 0 Å². The van der Waals surface area contributed by atoms with Gasteiger partial charge in [-0.1, -0.05) is 20.8 Å². The predicted octanol–water partition coefficient (Wildman–Crippen LogP) is 2.92. The minimum absolute atomic E-state index is 0.0153. The van der Waals surface area contributed by atoms with E-state index < -0.39 is 0 Å². The molecule has 3 N–H and O–H groups in total. The van der Waals surface area contributed by atoms with Crippen LogP contribution in [0.1, 0.15) is 58.7 Å². The highest BCUT2D eigenvalue weighted by atomic mass is 32.1. The van der Waals surface area contributed by atoms with Crippen LogP contribution in [0.5, 0.6) is 0 Å². The summed E-state index contributed by atoms with van der Waals surface area (Å²) in [5.41, 5.74) is 5.91. The van der Waals surface area contributed by atoms with Crippen molar-refractivity contribution in [2.75, 3.05) is 18.5 Å². The second-order valence-electron chi connectivity index (χ2n) is 6.86. The van der Waals surface area contributed by atoms with Crippen LogP contribution in [0.2, 0.25) is 0 Å². The lowest BCUT2D eigenvalue weighted by atomic mass is 9.94. The van der Waals surface area contributed by atoms with E-state index in [1.54, 1.807) is 0 Å². The Balaban J connectivity index is 1.58. The maximum Gasteiger partial charge on any atom is 0.202 e. The van der Waals surface area contributed by atoms with E-state index in [-0.39, 0.29) is 5.41 Å². The molecular formula is C15H28N4OS. The number of nitrogens with zero attached hydrogens (tertiary/aromatic N) is 2. The van der Waals surface area contributed by atoms with Gasteiger partial charge in [-0.05, 0) is 32.1 Å². The number of nitrogens with one attached hydrogen (secondary N) is 1. The van der Waals surface area contributed by atoms with E-state index in [1.807, 2.05) is 0 Å². The van der Waals surface area contributed by atoms with Crippen LogP contribution in [0, 0.1) is 0 Å². The Bertz CT molecular complexity index is 422. The summed E-state index contributed by atoms with van der Waals surface area (Å²) in [7, 11) is 0. The zero-order chi connectivity index (χ0) is 15.3. The van der Waals surface area contributed by atoms with Crippen LogP contribution in [0.25, 0.3) is 0 Å². The Labute approximate surface area is 131 Å². The summed E-state index contributed by atoms with van der Waals surface area (Å²) < 4.78 is 10.3. The molecule has 5 nitrogen and oxygen atoms in total. The van der Waals surface area contributed by atoms with Gasteiger partial charge in [-0.2, -0.15) is 4.37 Å². The number of hydrogen-bond acceptors (Lipinski definition) is 6. The Morgan fingerprint density at radius 3 is 2.62 bits per heavy atom. The van der Waals surface area contributed by atoms with Gasteiger partial charge in [0.1, 0.15) is 5.82 Å². The average Bonchev–Trinajstić information content (AvgIpc) is 2.89. The summed E-state index contributed by atoms with van der Waals surface area (Å²) in [5, 5.41) is 4.23. The van der Waals surface area contributed by atoms with E-state index in [9.17, 15) is 0 Å². The topological polar surface area (TPSA) is 73.1 Å². The summed E-state index contributed by atoms with van der Waals surface area (Å²) in [4.78, 5) is 4.52. The van der Waals surface area contributed by atoms with Crippen LogP contribution in [-0.2, 0) is 10.2 Å². The molecule has 21 heavy (non-hydrogen) atoms. The van der Waals surface area contributed by atoms with Crippen molar-refractivity contribution in [2.45, 2.75) is 70.4 Å². The molecule has 0 aliphatic heterocycles. The molecule has 6 heteroatoms. The standard InChI is InChI=1S/C15H28N4OS/c1-15(2,3)13-18-14(21-19-13)17-9-4-10-20-12-7-5-11(16)6-8-12/h11-12H,4-10,16H2,1-3H3,(H,17,18,19). The molecule has 120 valence electrons. The van der Waals surface area contributed by atoms with Crippen molar-refractivity contribution in [1.82, 2.24) is 9.36 Å². The third kappa shape index (κ3) is 5.52. The number of hydrogen-bond donors (Lipinski definition) is 2. The highest BCUT2D eigenvalue weighted by Gasteiger charge is 2.20. The monoisotopic (exact) mass is 312 g/mol. The molecule has 0 radical (unpaired) electrons. The van der Waals surface area contributed by atoms with E-state index >= 15 is 0 Å². The summed E-state index contributed by atoms with van der Waals surface area (Å²) >= 11 is 1.44. The molecule has 0 unspecified atom stereocenters. The first-order valence-electron chi connectivity index (χ1n) is 7.90. The van der Waals surface area contributed by atoms with Crippen LogP contribution >= 0.6 is 11.5 Å². The minimum Gasteiger partial charge on any atom is -0.378 e. The lowest BCUT2D eigenvalue weighted by Crippen LogP contribution is -2.30. The van der Waals surface area contributed by atoms with Gasteiger partial charge < -0.3 is 15.8 Å². The van der Waals surface area contributed by atoms with Gasteiger partial charge in [-0.25, -0.2) is 4.98 Å². The van der Waals surface area contributed by atoms with E-state index in [2.05, 4.69) is 35.4 Å². The number of aromatic nitrogens is 2.